The fraction of sp³-hybridized carbons (Fsp3) is 0.104. The molecule has 2 aliphatic rings. The number of fused-ring (bicyclic) bond motifs is 4. The maximum absolute atomic E-state index is 7.04. The number of hydrogen-bond acceptors (Lipinski definition) is 7. The molecule has 0 saturated heterocycles. The predicted octanol–water partition coefficient (Wildman–Crippen LogP) is 10.9. The highest BCUT2D eigenvalue weighted by Gasteiger charge is 2.25. The summed E-state index contributed by atoms with van der Waals surface area (Å²) in [4.78, 5) is 20.0. The van der Waals surface area contributed by atoms with Crippen LogP contribution in [0.1, 0.15) is 11.1 Å². The minimum absolute atomic E-state index is 0.532. The van der Waals surface area contributed by atoms with Crippen LogP contribution in [-0.2, 0) is 0 Å². The lowest BCUT2D eigenvalue weighted by Crippen LogP contribution is -2.23. The average Bonchev–Trinajstić information content (AvgIpc) is 3.75. The zero-order chi connectivity index (χ0) is 37.8. The highest BCUT2D eigenvalue weighted by molar-refractivity contribution is 6.12. The summed E-state index contributed by atoms with van der Waals surface area (Å²) in [7, 11) is 2.12. The number of nitrogens with zero attached hydrogens (tertiary/aromatic N) is 6. The maximum atomic E-state index is 7.04. The molecule has 10 rings (SSSR count). The summed E-state index contributed by atoms with van der Waals surface area (Å²) in [5.41, 5.74) is 10.5. The van der Waals surface area contributed by atoms with Gasteiger partial charge in [0.2, 0.25) is 0 Å². The van der Waals surface area contributed by atoms with E-state index in [1.807, 2.05) is 6.07 Å². The molecule has 6 aromatic carbocycles. The number of benzene rings is 6. The molecule has 8 aromatic rings. The van der Waals surface area contributed by atoms with Crippen LogP contribution in [0.5, 0.6) is 11.5 Å². The first kappa shape index (κ1) is 33.4. The number of para-hydroxylation sites is 3. The molecule has 0 bridgehead atoms. The molecule has 0 atom stereocenters. The number of aromatic nitrogens is 4. The Bertz CT molecular complexity index is 2790. The Morgan fingerprint density at radius 3 is 2.02 bits per heavy atom. The lowest BCUT2D eigenvalue weighted by atomic mass is 10.1. The number of nitrogens with one attached hydrogen (secondary N) is 1. The average molecular weight is 730 g/mol. The van der Waals surface area contributed by atoms with Crippen LogP contribution in [0, 0.1) is 13.8 Å². The van der Waals surface area contributed by atoms with Gasteiger partial charge in [-0.3, -0.25) is 4.57 Å². The summed E-state index contributed by atoms with van der Waals surface area (Å²) in [6, 6.07) is 46.3. The second kappa shape index (κ2) is 13.6. The third-order valence-electron chi connectivity index (χ3n) is 10.6. The standard InChI is InChI=1S/C48H39N7O/c1-31-18-22-33(23-19-31)46-50-47(34-24-20-32(2)21-25-34)52-48(51-46)39-28-38-37-13-4-5-14-40(37)55(45-17-8-9-26-49-45)43(38)29-44(39)56-36-12-10-11-35(27-36)54-30-53(3)41-15-6-7-16-42(41)54/h4-25,27-29,49H,26,30H2,1-3H3. The molecule has 2 aromatic heterocycles. The van der Waals surface area contributed by atoms with Gasteiger partial charge in [0.05, 0.1) is 34.6 Å². The number of allylic oxidation sites excluding steroid dienone is 2. The molecule has 272 valence electrons. The molecule has 0 aliphatic carbocycles. The van der Waals surface area contributed by atoms with Gasteiger partial charge in [0.25, 0.3) is 0 Å². The van der Waals surface area contributed by atoms with E-state index in [4.69, 9.17) is 19.7 Å². The number of anilines is 3. The fourth-order valence-electron chi connectivity index (χ4n) is 7.72. The number of hydrogen-bond donors (Lipinski definition) is 1. The van der Waals surface area contributed by atoms with Gasteiger partial charge in [-0.15, -0.1) is 0 Å². The Kier molecular flexibility index (Phi) is 8.10. The molecule has 8 nitrogen and oxygen atoms in total. The Morgan fingerprint density at radius 1 is 0.625 bits per heavy atom. The third-order valence-corrected chi connectivity index (χ3v) is 10.6. The Hall–Kier alpha value is -7.19. The van der Waals surface area contributed by atoms with Crippen LogP contribution in [-0.4, -0.2) is 39.8 Å². The summed E-state index contributed by atoms with van der Waals surface area (Å²) in [5.74, 6) is 4.08. The second-order valence-corrected chi connectivity index (χ2v) is 14.5. The van der Waals surface area contributed by atoms with Gasteiger partial charge >= 0.3 is 0 Å². The molecule has 8 heteroatoms. The molecule has 0 radical (unpaired) electrons. The van der Waals surface area contributed by atoms with E-state index < -0.39 is 0 Å². The van der Waals surface area contributed by atoms with Gasteiger partial charge in [-0.2, -0.15) is 0 Å². The molecular formula is C48H39N7O. The summed E-state index contributed by atoms with van der Waals surface area (Å²) in [6.45, 7) is 5.66. The van der Waals surface area contributed by atoms with E-state index in [-0.39, 0.29) is 0 Å². The van der Waals surface area contributed by atoms with Gasteiger partial charge in [0.15, 0.2) is 17.5 Å². The zero-order valence-corrected chi connectivity index (χ0v) is 31.4. The molecule has 0 spiro atoms. The smallest absolute Gasteiger partial charge is 0.167 e. The van der Waals surface area contributed by atoms with Crippen molar-refractivity contribution < 1.29 is 4.74 Å². The predicted molar refractivity (Wildman–Crippen MR) is 228 cm³/mol. The molecule has 0 unspecified atom stereocenters. The van der Waals surface area contributed by atoms with Crippen LogP contribution in [0.25, 0.3) is 61.8 Å². The molecule has 0 amide bonds. The van der Waals surface area contributed by atoms with Crippen molar-refractivity contribution in [1.29, 1.82) is 0 Å². The van der Waals surface area contributed by atoms with Crippen LogP contribution in [0.3, 0.4) is 0 Å². The Morgan fingerprint density at radius 2 is 1.30 bits per heavy atom. The molecule has 0 saturated carbocycles. The second-order valence-electron chi connectivity index (χ2n) is 14.5. The van der Waals surface area contributed by atoms with Crippen LogP contribution >= 0.6 is 0 Å². The molecule has 4 heterocycles. The van der Waals surface area contributed by atoms with Crippen LogP contribution in [0.4, 0.5) is 17.1 Å². The van der Waals surface area contributed by atoms with Crippen LogP contribution in [0.2, 0.25) is 0 Å². The number of dihydropyridines is 1. The minimum atomic E-state index is 0.532. The van der Waals surface area contributed by atoms with Crippen molar-refractivity contribution in [2.75, 3.05) is 30.1 Å². The van der Waals surface area contributed by atoms with Crippen molar-refractivity contribution in [3.8, 4) is 45.7 Å². The normalized spacial score (nSPS) is 13.6. The molecule has 1 N–H and O–H groups in total. The Labute approximate surface area is 325 Å². The summed E-state index contributed by atoms with van der Waals surface area (Å²) >= 11 is 0. The van der Waals surface area contributed by atoms with Gasteiger partial charge in [0.1, 0.15) is 17.3 Å². The first-order valence-corrected chi connectivity index (χ1v) is 18.9. The van der Waals surface area contributed by atoms with E-state index in [1.54, 1.807) is 0 Å². The lowest BCUT2D eigenvalue weighted by Gasteiger charge is -2.21. The van der Waals surface area contributed by atoms with Gasteiger partial charge in [-0.25, -0.2) is 15.0 Å². The number of aryl methyl sites for hydroxylation is 2. The van der Waals surface area contributed by atoms with Gasteiger partial charge in [0, 0.05) is 53.3 Å². The van der Waals surface area contributed by atoms with Crippen molar-refractivity contribution in [2.24, 2.45) is 0 Å². The van der Waals surface area contributed by atoms with Crippen molar-refractivity contribution in [2.45, 2.75) is 13.8 Å². The van der Waals surface area contributed by atoms with Crippen molar-refractivity contribution in [3.63, 3.8) is 0 Å². The van der Waals surface area contributed by atoms with E-state index >= 15 is 0 Å². The van der Waals surface area contributed by atoms with Crippen LogP contribution < -0.4 is 19.9 Å². The number of ether oxygens (including phenoxy) is 1. The SMILES string of the molecule is Cc1ccc(-c2nc(-c3ccc(C)cc3)nc(-c3cc4c5ccccc5n(C5=CC=CCN5)c4cc3Oc3cccc(N4CN(C)c5ccccc54)c3)n2)cc1. The largest absolute Gasteiger partial charge is 0.456 e. The highest BCUT2D eigenvalue weighted by Crippen LogP contribution is 2.44. The van der Waals surface area contributed by atoms with Gasteiger partial charge in [-0.1, -0.05) is 108 Å². The van der Waals surface area contributed by atoms with E-state index in [9.17, 15) is 0 Å². The topological polar surface area (TPSA) is 71.3 Å². The van der Waals surface area contributed by atoms with Crippen molar-refractivity contribution >= 4 is 44.7 Å². The highest BCUT2D eigenvalue weighted by atomic mass is 16.5. The molecular weight excluding hydrogens is 691 g/mol. The lowest BCUT2D eigenvalue weighted by molar-refractivity contribution is 0.484. The maximum Gasteiger partial charge on any atom is 0.167 e. The van der Waals surface area contributed by atoms with Crippen molar-refractivity contribution in [1.82, 2.24) is 24.8 Å². The quantitative estimate of drug-likeness (QED) is 0.175. The molecule has 56 heavy (non-hydrogen) atoms. The summed E-state index contributed by atoms with van der Waals surface area (Å²) < 4.78 is 9.32. The van der Waals surface area contributed by atoms with Gasteiger partial charge in [-0.05, 0) is 56.3 Å². The molecule has 2 aliphatic heterocycles. The van der Waals surface area contributed by atoms with E-state index in [0.717, 1.165) is 63.2 Å². The first-order chi connectivity index (χ1) is 27.5. The fourth-order valence-corrected chi connectivity index (χ4v) is 7.72. The van der Waals surface area contributed by atoms with Crippen LogP contribution in [0.15, 0.2) is 152 Å². The first-order valence-electron chi connectivity index (χ1n) is 18.9. The molecule has 0 fully saturated rings. The minimum Gasteiger partial charge on any atom is -0.456 e. The van der Waals surface area contributed by atoms with Crippen molar-refractivity contribution in [3.05, 3.63) is 163 Å². The van der Waals surface area contributed by atoms with E-state index in [0.29, 0.717) is 29.0 Å². The van der Waals surface area contributed by atoms with E-state index in [1.165, 1.54) is 22.5 Å². The number of rotatable bonds is 7. The van der Waals surface area contributed by atoms with E-state index in [2.05, 4.69) is 186 Å². The summed E-state index contributed by atoms with van der Waals surface area (Å²) in [5, 5.41) is 5.78. The third kappa shape index (κ3) is 5.92. The zero-order valence-electron chi connectivity index (χ0n) is 31.4. The Balaban J connectivity index is 1.19. The summed E-state index contributed by atoms with van der Waals surface area (Å²) in [6.07, 6.45) is 6.33. The monoisotopic (exact) mass is 729 g/mol. The van der Waals surface area contributed by atoms with Gasteiger partial charge < -0.3 is 19.9 Å².